The van der Waals surface area contributed by atoms with Gasteiger partial charge in [0.05, 0.1) is 0 Å². The van der Waals surface area contributed by atoms with Gasteiger partial charge in [0, 0.05) is 4.47 Å². The average Bonchev–Trinajstić information content (AvgIpc) is 2.45. The standard InChI is InChI=1S/C18H13Br/c19-18-15-9-8-14-17(18)13-7-2-1-4-10-16-11-5-3-6-12-16/h3-15H/b10-4-,13-7-. The summed E-state index contributed by atoms with van der Waals surface area (Å²) in [5, 5.41) is 0. The number of benzene rings is 2. The van der Waals surface area contributed by atoms with Crippen LogP contribution in [0.25, 0.3) is 12.2 Å². The summed E-state index contributed by atoms with van der Waals surface area (Å²) in [6.45, 7) is 0. The van der Waals surface area contributed by atoms with Gasteiger partial charge >= 0.3 is 0 Å². The van der Waals surface area contributed by atoms with E-state index in [4.69, 9.17) is 0 Å². The molecule has 1 heteroatoms. The highest BCUT2D eigenvalue weighted by Gasteiger charge is 1.90. The molecule has 0 heterocycles. The highest BCUT2D eigenvalue weighted by atomic mass is 79.9. The molecular weight excluding hydrogens is 296 g/mol. The van der Waals surface area contributed by atoms with E-state index in [1.54, 1.807) is 0 Å². The first-order chi connectivity index (χ1) is 9.36. The van der Waals surface area contributed by atoms with E-state index < -0.39 is 0 Å². The van der Waals surface area contributed by atoms with Gasteiger partial charge in [0.1, 0.15) is 0 Å². The van der Waals surface area contributed by atoms with Gasteiger partial charge in [-0.2, -0.15) is 0 Å². The van der Waals surface area contributed by atoms with E-state index in [0.29, 0.717) is 0 Å². The maximum Gasteiger partial charge on any atom is 0.0247 e. The molecule has 0 N–H and O–H groups in total. The van der Waals surface area contributed by atoms with Crippen LogP contribution in [-0.4, -0.2) is 0 Å². The minimum absolute atomic E-state index is 1.08. The number of hydrogen-bond donors (Lipinski definition) is 0. The van der Waals surface area contributed by atoms with Gasteiger partial charge in [0.15, 0.2) is 0 Å². The van der Waals surface area contributed by atoms with E-state index in [-0.39, 0.29) is 0 Å². The summed E-state index contributed by atoms with van der Waals surface area (Å²) in [7, 11) is 0. The Morgan fingerprint density at radius 2 is 1.37 bits per heavy atom. The van der Waals surface area contributed by atoms with Crippen LogP contribution in [0.2, 0.25) is 0 Å². The highest BCUT2D eigenvalue weighted by Crippen LogP contribution is 2.16. The molecule has 2 aromatic carbocycles. The smallest absolute Gasteiger partial charge is 0.0247 e. The molecule has 0 nitrogen and oxygen atoms in total. The van der Waals surface area contributed by atoms with Crippen LogP contribution in [0.4, 0.5) is 0 Å². The largest absolute Gasteiger partial charge is 0.0702 e. The van der Waals surface area contributed by atoms with E-state index in [1.807, 2.05) is 66.8 Å². The molecule has 0 fully saturated rings. The predicted octanol–water partition coefficient (Wildman–Crippen LogP) is 5.18. The Bertz CT molecular complexity index is 640. The molecule has 0 spiro atoms. The first-order valence-electron chi connectivity index (χ1n) is 6.00. The molecule has 0 saturated carbocycles. The van der Waals surface area contributed by atoms with Gasteiger partial charge in [0.25, 0.3) is 0 Å². The second-order valence-electron chi connectivity index (χ2n) is 3.89. The van der Waals surface area contributed by atoms with Crippen molar-refractivity contribution in [3.05, 3.63) is 82.3 Å². The van der Waals surface area contributed by atoms with Crippen molar-refractivity contribution in [3.8, 4) is 11.8 Å². The first-order valence-corrected chi connectivity index (χ1v) is 6.79. The third-order valence-corrected chi connectivity index (χ3v) is 3.22. The summed E-state index contributed by atoms with van der Waals surface area (Å²) in [5.41, 5.74) is 2.29. The summed E-state index contributed by atoms with van der Waals surface area (Å²) in [4.78, 5) is 0. The van der Waals surface area contributed by atoms with Gasteiger partial charge in [-0.25, -0.2) is 0 Å². The topological polar surface area (TPSA) is 0 Å². The minimum atomic E-state index is 1.08. The molecule has 2 aromatic rings. The van der Waals surface area contributed by atoms with E-state index >= 15 is 0 Å². The van der Waals surface area contributed by atoms with E-state index in [0.717, 1.165) is 15.6 Å². The normalized spacial score (nSPS) is 10.6. The second-order valence-corrected chi connectivity index (χ2v) is 4.74. The molecule has 2 rings (SSSR count). The summed E-state index contributed by atoms with van der Waals surface area (Å²) in [6.07, 6.45) is 7.71. The number of allylic oxidation sites excluding steroid dienone is 2. The van der Waals surface area contributed by atoms with Crippen molar-refractivity contribution in [1.29, 1.82) is 0 Å². The molecule has 0 radical (unpaired) electrons. The van der Waals surface area contributed by atoms with Crippen LogP contribution in [-0.2, 0) is 0 Å². The lowest BCUT2D eigenvalue weighted by Crippen LogP contribution is -1.72. The van der Waals surface area contributed by atoms with E-state index in [1.165, 1.54) is 0 Å². The van der Waals surface area contributed by atoms with Crippen molar-refractivity contribution in [2.45, 2.75) is 0 Å². The maximum atomic E-state index is 3.50. The fraction of sp³-hybridized carbons (Fsp3) is 0. The molecular formula is C18H13Br. The Morgan fingerprint density at radius 3 is 2.11 bits per heavy atom. The second kappa shape index (κ2) is 7.41. The van der Waals surface area contributed by atoms with E-state index in [2.05, 4.69) is 39.9 Å². The van der Waals surface area contributed by atoms with Crippen molar-refractivity contribution in [2.24, 2.45) is 0 Å². The van der Waals surface area contributed by atoms with Crippen LogP contribution >= 0.6 is 15.9 Å². The number of hydrogen-bond acceptors (Lipinski definition) is 0. The van der Waals surface area contributed by atoms with Crippen LogP contribution < -0.4 is 0 Å². The monoisotopic (exact) mass is 308 g/mol. The van der Waals surface area contributed by atoms with Crippen molar-refractivity contribution in [1.82, 2.24) is 0 Å². The summed E-state index contributed by atoms with van der Waals surface area (Å²) < 4.78 is 1.08. The van der Waals surface area contributed by atoms with Crippen LogP contribution in [0.3, 0.4) is 0 Å². The van der Waals surface area contributed by atoms with Gasteiger partial charge in [-0.05, 0) is 41.5 Å². The third-order valence-electron chi connectivity index (χ3n) is 2.49. The average molecular weight is 309 g/mol. The zero-order chi connectivity index (χ0) is 13.3. The third kappa shape index (κ3) is 4.62. The molecule has 0 amide bonds. The molecule has 0 bridgehead atoms. The van der Waals surface area contributed by atoms with Crippen LogP contribution in [0.5, 0.6) is 0 Å². The maximum absolute atomic E-state index is 3.50. The first kappa shape index (κ1) is 13.4. The number of rotatable bonds is 2. The fourth-order valence-corrected chi connectivity index (χ4v) is 1.96. The summed E-state index contributed by atoms with van der Waals surface area (Å²) in [6, 6.07) is 18.2. The summed E-state index contributed by atoms with van der Waals surface area (Å²) in [5.74, 6) is 5.98. The quantitative estimate of drug-likeness (QED) is 0.671. The lowest BCUT2D eigenvalue weighted by atomic mass is 10.2. The zero-order valence-electron chi connectivity index (χ0n) is 10.4. The van der Waals surface area contributed by atoms with Gasteiger partial charge in [-0.3, -0.25) is 0 Å². The highest BCUT2D eigenvalue weighted by molar-refractivity contribution is 9.10. The Balaban J connectivity index is 1.95. The van der Waals surface area contributed by atoms with Crippen molar-refractivity contribution >= 4 is 28.1 Å². The lowest BCUT2D eigenvalue weighted by molar-refractivity contribution is 1.60. The molecule has 0 aliphatic heterocycles. The predicted molar refractivity (Wildman–Crippen MR) is 86.4 cm³/mol. The lowest BCUT2D eigenvalue weighted by Gasteiger charge is -1.94. The molecule has 92 valence electrons. The molecule has 0 aliphatic carbocycles. The summed E-state index contributed by atoms with van der Waals surface area (Å²) >= 11 is 3.50. The Kier molecular flexibility index (Phi) is 5.22. The van der Waals surface area contributed by atoms with Gasteiger partial charge in [-0.1, -0.05) is 76.3 Å². The zero-order valence-corrected chi connectivity index (χ0v) is 12.0. The molecule has 0 aromatic heterocycles. The SMILES string of the molecule is Brc1ccccc1/C=C\C#C/C=C\c1ccccc1. The van der Waals surface area contributed by atoms with Crippen LogP contribution in [0, 0.1) is 11.8 Å². The Hall–Kier alpha value is -2.04. The van der Waals surface area contributed by atoms with E-state index in [9.17, 15) is 0 Å². The molecule has 19 heavy (non-hydrogen) atoms. The Morgan fingerprint density at radius 1 is 0.737 bits per heavy atom. The molecule has 0 atom stereocenters. The van der Waals surface area contributed by atoms with Crippen molar-refractivity contribution in [3.63, 3.8) is 0 Å². The minimum Gasteiger partial charge on any atom is -0.0702 e. The van der Waals surface area contributed by atoms with Crippen LogP contribution in [0.1, 0.15) is 11.1 Å². The van der Waals surface area contributed by atoms with Gasteiger partial charge < -0.3 is 0 Å². The van der Waals surface area contributed by atoms with Crippen molar-refractivity contribution in [2.75, 3.05) is 0 Å². The molecule has 0 unspecified atom stereocenters. The van der Waals surface area contributed by atoms with Gasteiger partial charge in [0.2, 0.25) is 0 Å². The number of halogens is 1. The Labute approximate surface area is 122 Å². The fourth-order valence-electron chi connectivity index (χ4n) is 1.54. The van der Waals surface area contributed by atoms with Crippen molar-refractivity contribution < 1.29 is 0 Å². The van der Waals surface area contributed by atoms with Gasteiger partial charge in [-0.15, -0.1) is 0 Å². The molecule has 0 aliphatic rings. The molecule has 0 saturated heterocycles. The van der Waals surface area contributed by atoms with Crippen LogP contribution in [0.15, 0.2) is 71.2 Å².